The van der Waals surface area contributed by atoms with Crippen molar-refractivity contribution in [1.29, 1.82) is 0 Å². The molecule has 114 valence electrons. The van der Waals surface area contributed by atoms with Gasteiger partial charge in [0.2, 0.25) is 10.0 Å². The number of sulfonamides is 1. The molecule has 2 rings (SSSR count). The molecule has 0 saturated heterocycles. The van der Waals surface area contributed by atoms with Crippen LogP contribution >= 0.6 is 11.3 Å². The molecule has 0 aliphatic rings. The molecule has 21 heavy (non-hydrogen) atoms. The Morgan fingerprint density at radius 2 is 2.05 bits per heavy atom. The summed E-state index contributed by atoms with van der Waals surface area (Å²) < 4.78 is 39.4. The van der Waals surface area contributed by atoms with E-state index in [1.165, 1.54) is 40.9 Å². The van der Waals surface area contributed by atoms with Gasteiger partial charge in [0.15, 0.2) is 0 Å². The highest BCUT2D eigenvalue weighted by Crippen LogP contribution is 2.28. The lowest BCUT2D eigenvalue weighted by atomic mass is 10.2. The Morgan fingerprint density at radius 1 is 1.33 bits per heavy atom. The molecule has 0 saturated carbocycles. The predicted molar refractivity (Wildman–Crippen MR) is 80.0 cm³/mol. The minimum Gasteiger partial charge on any atom is -0.391 e. The van der Waals surface area contributed by atoms with E-state index in [1.54, 1.807) is 19.1 Å². The van der Waals surface area contributed by atoms with Crippen LogP contribution in [0.1, 0.15) is 15.3 Å². The van der Waals surface area contributed by atoms with Crippen LogP contribution in [0.3, 0.4) is 0 Å². The van der Waals surface area contributed by atoms with E-state index in [9.17, 15) is 12.8 Å². The molecule has 1 aromatic carbocycles. The van der Waals surface area contributed by atoms with Crippen molar-refractivity contribution in [3.05, 3.63) is 51.5 Å². The van der Waals surface area contributed by atoms with Crippen molar-refractivity contribution in [3.8, 4) is 0 Å². The van der Waals surface area contributed by atoms with Gasteiger partial charge in [-0.1, -0.05) is 12.1 Å². The Bertz CT molecular complexity index is 740. The average Bonchev–Trinajstić information content (AvgIpc) is 2.80. The first-order chi connectivity index (χ1) is 9.84. The summed E-state index contributed by atoms with van der Waals surface area (Å²) in [5.41, 5.74) is 0.580. The Hall–Kier alpha value is -1.28. The van der Waals surface area contributed by atoms with E-state index in [0.717, 1.165) is 0 Å². The fourth-order valence-electron chi connectivity index (χ4n) is 2.00. The van der Waals surface area contributed by atoms with Crippen LogP contribution in [0.4, 0.5) is 4.39 Å². The minimum atomic E-state index is -3.66. The van der Waals surface area contributed by atoms with Gasteiger partial charge in [0, 0.05) is 23.3 Å². The van der Waals surface area contributed by atoms with Gasteiger partial charge in [0.25, 0.3) is 0 Å². The summed E-state index contributed by atoms with van der Waals surface area (Å²) in [7, 11) is -2.21. The number of hydrogen-bond acceptors (Lipinski definition) is 4. The van der Waals surface area contributed by atoms with Crippen molar-refractivity contribution < 1.29 is 17.9 Å². The zero-order chi connectivity index (χ0) is 15.6. The Morgan fingerprint density at radius 3 is 2.62 bits per heavy atom. The SMILES string of the molecule is Cc1sc(CO)cc1S(=O)(=O)N(C)Cc1cccc(F)c1. The van der Waals surface area contributed by atoms with Crippen molar-refractivity contribution in [3.63, 3.8) is 0 Å². The van der Waals surface area contributed by atoms with Gasteiger partial charge in [0.05, 0.1) is 11.5 Å². The van der Waals surface area contributed by atoms with Gasteiger partial charge in [-0.05, 0) is 30.7 Å². The Labute approximate surface area is 127 Å². The number of hydrogen-bond donors (Lipinski definition) is 1. The molecule has 1 aromatic heterocycles. The van der Waals surface area contributed by atoms with Gasteiger partial charge in [0.1, 0.15) is 5.82 Å². The maximum Gasteiger partial charge on any atom is 0.244 e. The number of thiophene rings is 1. The van der Waals surface area contributed by atoms with E-state index in [0.29, 0.717) is 15.3 Å². The topological polar surface area (TPSA) is 57.6 Å². The molecule has 0 aliphatic carbocycles. The van der Waals surface area contributed by atoms with Crippen molar-refractivity contribution in [2.45, 2.75) is 25.0 Å². The third kappa shape index (κ3) is 3.49. The fraction of sp³-hybridized carbons (Fsp3) is 0.286. The Kier molecular flexibility index (Phi) is 4.77. The molecule has 1 heterocycles. The van der Waals surface area contributed by atoms with Crippen molar-refractivity contribution >= 4 is 21.4 Å². The van der Waals surface area contributed by atoms with Gasteiger partial charge in [-0.25, -0.2) is 12.8 Å². The maximum atomic E-state index is 13.2. The van der Waals surface area contributed by atoms with Gasteiger partial charge >= 0.3 is 0 Å². The van der Waals surface area contributed by atoms with E-state index in [2.05, 4.69) is 0 Å². The van der Waals surface area contributed by atoms with E-state index >= 15 is 0 Å². The molecule has 0 bridgehead atoms. The zero-order valence-electron chi connectivity index (χ0n) is 11.7. The number of benzene rings is 1. The summed E-state index contributed by atoms with van der Waals surface area (Å²) in [5.74, 6) is -0.396. The highest BCUT2D eigenvalue weighted by atomic mass is 32.2. The first-order valence-electron chi connectivity index (χ1n) is 6.25. The average molecular weight is 329 g/mol. The van der Waals surface area contributed by atoms with Crippen LogP contribution in [0.2, 0.25) is 0 Å². The van der Waals surface area contributed by atoms with E-state index in [4.69, 9.17) is 5.11 Å². The smallest absolute Gasteiger partial charge is 0.244 e. The van der Waals surface area contributed by atoms with Crippen LogP contribution in [-0.4, -0.2) is 24.9 Å². The predicted octanol–water partition coefficient (Wildman–Crippen LogP) is 2.51. The second-order valence-electron chi connectivity index (χ2n) is 4.68. The lowest BCUT2D eigenvalue weighted by Gasteiger charge is -2.17. The summed E-state index contributed by atoms with van der Waals surface area (Å²) in [4.78, 5) is 1.42. The standard InChI is InChI=1S/C14H16FNO3S2/c1-10-14(7-13(9-17)20-10)21(18,19)16(2)8-11-4-3-5-12(15)6-11/h3-7,17H,8-9H2,1-2H3. The van der Waals surface area contributed by atoms with Crippen LogP contribution in [0.5, 0.6) is 0 Å². The maximum absolute atomic E-state index is 13.2. The van der Waals surface area contributed by atoms with Gasteiger partial charge in [-0.3, -0.25) is 0 Å². The van der Waals surface area contributed by atoms with E-state index in [-0.39, 0.29) is 18.0 Å². The third-order valence-electron chi connectivity index (χ3n) is 3.06. The fourth-order valence-corrected chi connectivity index (χ4v) is 4.62. The second-order valence-corrected chi connectivity index (χ2v) is 8.04. The van der Waals surface area contributed by atoms with Crippen LogP contribution < -0.4 is 0 Å². The number of rotatable bonds is 5. The lowest BCUT2D eigenvalue weighted by Crippen LogP contribution is -2.26. The third-order valence-corrected chi connectivity index (χ3v) is 6.16. The molecule has 0 aliphatic heterocycles. The molecule has 0 spiro atoms. The minimum absolute atomic E-state index is 0.0871. The number of halogens is 1. The molecular weight excluding hydrogens is 313 g/mol. The van der Waals surface area contributed by atoms with Gasteiger partial charge in [-0.15, -0.1) is 11.3 Å². The number of nitrogens with zero attached hydrogens (tertiary/aromatic N) is 1. The summed E-state index contributed by atoms with van der Waals surface area (Å²) in [6, 6.07) is 7.33. The Balaban J connectivity index is 2.28. The molecule has 0 atom stereocenters. The summed E-state index contributed by atoms with van der Waals surface area (Å²) in [6.45, 7) is 1.60. The number of aliphatic hydroxyl groups excluding tert-OH is 1. The number of aliphatic hydroxyl groups is 1. The largest absolute Gasteiger partial charge is 0.391 e. The summed E-state index contributed by atoms with van der Waals surface area (Å²) in [5, 5.41) is 9.11. The van der Waals surface area contributed by atoms with Crippen LogP contribution in [0.25, 0.3) is 0 Å². The first-order valence-corrected chi connectivity index (χ1v) is 8.51. The van der Waals surface area contributed by atoms with E-state index in [1.807, 2.05) is 0 Å². The van der Waals surface area contributed by atoms with Crippen LogP contribution in [-0.2, 0) is 23.2 Å². The molecule has 7 heteroatoms. The molecule has 0 amide bonds. The van der Waals surface area contributed by atoms with Crippen LogP contribution in [0, 0.1) is 12.7 Å². The second kappa shape index (κ2) is 6.23. The summed E-state index contributed by atoms with van der Waals surface area (Å²) >= 11 is 1.25. The highest BCUT2D eigenvalue weighted by molar-refractivity contribution is 7.89. The highest BCUT2D eigenvalue weighted by Gasteiger charge is 2.25. The van der Waals surface area contributed by atoms with Crippen molar-refractivity contribution in [1.82, 2.24) is 4.31 Å². The van der Waals surface area contributed by atoms with Gasteiger partial charge in [-0.2, -0.15) is 4.31 Å². The van der Waals surface area contributed by atoms with Gasteiger partial charge < -0.3 is 5.11 Å². The molecule has 0 radical (unpaired) electrons. The molecule has 4 nitrogen and oxygen atoms in total. The van der Waals surface area contributed by atoms with Crippen molar-refractivity contribution in [2.24, 2.45) is 0 Å². The van der Waals surface area contributed by atoms with Crippen LogP contribution in [0.15, 0.2) is 35.2 Å². The first kappa shape index (κ1) is 16.1. The normalized spacial score (nSPS) is 12.0. The lowest BCUT2D eigenvalue weighted by molar-refractivity contribution is 0.285. The quantitative estimate of drug-likeness (QED) is 0.917. The monoisotopic (exact) mass is 329 g/mol. The molecule has 2 aromatic rings. The van der Waals surface area contributed by atoms with Crippen molar-refractivity contribution in [2.75, 3.05) is 7.05 Å². The molecular formula is C14H16FNO3S2. The summed E-state index contributed by atoms with van der Waals surface area (Å²) in [6.07, 6.45) is 0. The molecule has 0 unspecified atom stereocenters. The van der Waals surface area contributed by atoms with E-state index < -0.39 is 15.8 Å². The molecule has 1 N–H and O–H groups in total. The number of aryl methyl sites for hydroxylation is 1. The molecule has 0 fully saturated rings. The zero-order valence-corrected chi connectivity index (χ0v) is 13.3.